The first kappa shape index (κ1) is 63.8. The Balaban J connectivity index is 0.962. The highest BCUT2D eigenvalue weighted by Gasteiger charge is 2.54. The Morgan fingerprint density at radius 3 is 2.04 bits per heavy atom. The Kier molecular flexibility index (Phi) is 19.8. The van der Waals surface area contributed by atoms with Gasteiger partial charge in [-0.25, -0.2) is 42.6 Å². The summed E-state index contributed by atoms with van der Waals surface area (Å²) in [6, 6.07) is 0.920. The maximum absolute atomic E-state index is 13.7. The predicted molar refractivity (Wildman–Crippen MR) is 270 cm³/mol. The molecule has 3 aliphatic rings. The van der Waals surface area contributed by atoms with Crippen LogP contribution in [-0.4, -0.2) is 206 Å². The van der Waals surface area contributed by atoms with E-state index in [-0.39, 0.29) is 60.4 Å². The lowest BCUT2D eigenvalue weighted by Gasteiger charge is -2.26. The number of H-pyrrole nitrogens is 2. The standard InChI is InChI=1S/C39H57N13O27P4/c1-48-17-52(33-25(48)34(58)47-38(41)46-33)35-26(55)18(11-23(54)49(7-9-68-2)8-10-69-3)19(74-35)12-72-81(62,63)78-83(66,67)79-82(64,65)73-14-21-29(30(70-4)37(76-21)51-16-44-24-31(40)42-15-43-32(24)51)77-80(60,61)71-13-20-27(56)28(57)36(75-20)50-6-5-22(53)45-39(50)59/h5-6,15-21,26-30,35-37,55-57H,7-14H2,1-4H3,(H9-,40,41,42,43,45,46,47,53,58,59,60,61,62,63,64,65,66,67)/p+1/t18-,19-,20-,21?,26-,27-,28-,29-,30-,35?,36-,37-/m1/s1. The highest BCUT2D eigenvalue weighted by Crippen LogP contribution is 2.68. The molecule has 40 nitrogen and oxygen atoms in total. The van der Waals surface area contributed by atoms with Crippen LogP contribution in [0.25, 0.3) is 22.3 Å². The SMILES string of the molecule is COCCN(CCOC)C(=O)C[C@@H]1[C@@H](COP(=O)(O)OP(=O)(O)OP(=O)(O)OCC2O[C@@H](n3cnc4c(N)ncnc43)[C@H](OC)[C@@H]2OP(=O)(O)OC[C@H]2O[C@@H](n3ccc(=O)[nH]c3=O)[C@H](O)[C@@H]2O)OC([n+]2cn(C)c3c(=O)[nH]c(N)nc32)[C@@H]1O. The third-order valence-corrected chi connectivity index (χ3v) is 18.3. The molecule has 0 aromatic carbocycles. The van der Waals surface area contributed by atoms with Crippen LogP contribution in [-0.2, 0) is 85.2 Å². The number of carbonyl (C=O) groups excluding carboxylic acids is 1. The number of amides is 1. The summed E-state index contributed by atoms with van der Waals surface area (Å²) >= 11 is 0. The van der Waals surface area contributed by atoms with E-state index in [0.29, 0.717) is 0 Å². The van der Waals surface area contributed by atoms with Crippen molar-refractivity contribution in [3.05, 3.63) is 62.4 Å². The Morgan fingerprint density at radius 1 is 0.771 bits per heavy atom. The molecule has 0 aliphatic carbocycles. The topological polar surface area (TPSA) is 546 Å². The van der Waals surface area contributed by atoms with E-state index in [1.54, 1.807) is 0 Å². The Bertz CT molecular complexity index is 3520. The number of nitrogens with zero attached hydrogens (tertiary/aromatic N) is 9. The van der Waals surface area contributed by atoms with E-state index in [1.807, 2.05) is 4.98 Å². The average molecular weight is 1260 g/mol. The van der Waals surface area contributed by atoms with Gasteiger partial charge in [0.1, 0.15) is 54.6 Å². The zero-order valence-corrected chi connectivity index (χ0v) is 47.3. The van der Waals surface area contributed by atoms with Crippen molar-refractivity contribution in [3.8, 4) is 0 Å². The minimum Gasteiger partial charge on any atom is -0.387 e. The summed E-state index contributed by atoms with van der Waals surface area (Å²) in [6.07, 6.45) is -14.7. The second kappa shape index (κ2) is 25.8. The number of nitrogens with one attached hydrogen (secondary N) is 2. The summed E-state index contributed by atoms with van der Waals surface area (Å²) in [5, 5.41) is 33.1. The van der Waals surface area contributed by atoms with Crippen LogP contribution in [0, 0.1) is 5.92 Å². The molecule has 8 rings (SSSR count). The van der Waals surface area contributed by atoms with Crippen molar-refractivity contribution in [1.82, 2.24) is 48.5 Å². The molecule has 3 fully saturated rings. The first-order valence-corrected chi connectivity index (χ1v) is 30.2. The van der Waals surface area contributed by atoms with Gasteiger partial charge in [0, 0.05) is 59.0 Å². The number of imidazole rings is 2. The number of hydrogen-bond donors (Lipinski definition) is 11. The van der Waals surface area contributed by atoms with Crippen molar-refractivity contribution in [3.63, 3.8) is 0 Å². The van der Waals surface area contributed by atoms with E-state index in [4.69, 9.17) is 58.0 Å². The first-order valence-electron chi connectivity index (χ1n) is 24.2. The van der Waals surface area contributed by atoms with Crippen LogP contribution in [0.4, 0.5) is 11.8 Å². The number of aliphatic hydroxyl groups is 3. The molecule has 3 aliphatic heterocycles. The Morgan fingerprint density at radius 2 is 1.40 bits per heavy atom. The summed E-state index contributed by atoms with van der Waals surface area (Å²) in [5.41, 5.74) is 9.15. The minimum atomic E-state index is -6.28. The molecule has 3 saturated heterocycles. The van der Waals surface area contributed by atoms with Gasteiger partial charge in [-0.2, -0.15) is 8.62 Å². The van der Waals surface area contributed by atoms with E-state index in [9.17, 15) is 72.3 Å². The number of aliphatic hydroxyl groups excluding tert-OH is 3. The van der Waals surface area contributed by atoms with Crippen molar-refractivity contribution in [2.24, 2.45) is 13.0 Å². The second-order valence-corrected chi connectivity index (χ2v) is 24.5. The molecule has 0 bridgehead atoms. The van der Waals surface area contributed by atoms with Crippen molar-refractivity contribution < 1.29 is 118 Å². The fraction of sp³-hybridized carbons (Fsp3) is 0.615. The van der Waals surface area contributed by atoms with Gasteiger partial charge in [0.15, 0.2) is 30.2 Å². The molecule has 83 heavy (non-hydrogen) atoms. The number of rotatable bonds is 27. The molecule has 44 heteroatoms. The van der Waals surface area contributed by atoms with Gasteiger partial charge < -0.3 is 79.7 Å². The smallest absolute Gasteiger partial charge is 0.387 e. The second-order valence-electron chi connectivity index (χ2n) is 18.5. The summed E-state index contributed by atoms with van der Waals surface area (Å²) in [7, 11) is -18.4. The first-order chi connectivity index (χ1) is 39.1. The summed E-state index contributed by atoms with van der Waals surface area (Å²) in [5.74, 6) is -2.33. The Hall–Kier alpha value is -5.19. The van der Waals surface area contributed by atoms with Crippen LogP contribution in [0.1, 0.15) is 25.1 Å². The van der Waals surface area contributed by atoms with Crippen molar-refractivity contribution in [1.29, 1.82) is 0 Å². The number of aromatic amines is 2. The van der Waals surface area contributed by atoms with Gasteiger partial charge in [-0.05, 0) is 0 Å². The van der Waals surface area contributed by atoms with E-state index in [2.05, 4.69) is 33.5 Å². The fourth-order valence-corrected chi connectivity index (χ4v) is 13.7. The Labute approximate surface area is 464 Å². The third-order valence-electron chi connectivity index (χ3n) is 13.0. The zero-order chi connectivity index (χ0) is 60.5. The van der Waals surface area contributed by atoms with Crippen LogP contribution in [0.5, 0.6) is 0 Å². The number of ether oxygens (including phenoxy) is 6. The van der Waals surface area contributed by atoms with E-state index >= 15 is 0 Å². The number of aryl methyl sites for hydroxylation is 1. The normalized spacial score (nSPS) is 28.5. The number of anilines is 2. The van der Waals surface area contributed by atoms with Gasteiger partial charge >= 0.3 is 42.6 Å². The lowest BCUT2D eigenvalue weighted by Crippen LogP contribution is -2.46. The summed E-state index contributed by atoms with van der Waals surface area (Å²) in [6.45, 7) is -3.11. The lowest BCUT2D eigenvalue weighted by atomic mass is 9.93. The van der Waals surface area contributed by atoms with Gasteiger partial charge in [0.2, 0.25) is 17.7 Å². The highest BCUT2D eigenvalue weighted by molar-refractivity contribution is 7.66. The lowest BCUT2D eigenvalue weighted by molar-refractivity contribution is -0.745. The number of phosphoric acid groups is 4. The number of nitrogens with two attached hydrogens (primary N) is 2. The molecule has 1 amide bonds. The molecule has 0 spiro atoms. The van der Waals surface area contributed by atoms with Crippen molar-refractivity contribution in [2.45, 2.75) is 73.9 Å². The average Bonchev–Trinajstić information content (AvgIpc) is 2.35. The van der Waals surface area contributed by atoms with Crippen LogP contribution in [0.15, 0.2) is 45.6 Å². The molecule has 8 heterocycles. The van der Waals surface area contributed by atoms with Crippen LogP contribution in [0.3, 0.4) is 0 Å². The number of phosphoric ester groups is 3. The van der Waals surface area contributed by atoms with Crippen LogP contribution in [0.2, 0.25) is 0 Å². The number of methoxy groups -OCH3 is 3. The van der Waals surface area contributed by atoms with Gasteiger partial charge in [-0.1, -0.05) is 4.98 Å². The van der Waals surface area contributed by atoms with E-state index in [1.165, 1.54) is 46.2 Å². The zero-order valence-electron chi connectivity index (χ0n) is 43.7. The fourth-order valence-electron chi connectivity index (χ4n) is 9.22. The number of fused-ring (bicyclic) bond motifs is 2. The van der Waals surface area contributed by atoms with Gasteiger partial charge in [0.05, 0.1) is 52.5 Å². The van der Waals surface area contributed by atoms with Crippen molar-refractivity contribution >= 4 is 71.3 Å². The number of aromatic nitrogens is 10. The van der Waals surface area contributed by atoms with Crippen LogP contribution < -0.4 is 32.8 Å². The van der Waals surface area contributed by atoms with Gasteiger partial charge in [0.25, 0.3) is 17.1 Å². The van der Waals surface area contributed by atoms with Gasteiger partial charge in [-0.15, -0.1) is 0 Å². The highest BCUT2D eigenvalue weighted by atomic mass is 31.3. The number of hydrogen-bond acceptors (Lipinski definition) is 29. The van der Waals surface area contributed by atoms with Gasteiger partial charge in [-0.3, -0.25) is 56.1 Å². The summed E-state index contributed by atoms with van der Waals surface area (Å²) < 4.78 is 121. The van der Waals surface area contributed by atoms with Crippen molar-refractivity contribution in [2.75, 3.05) is 78.9 Å². The predicted octanol–water partition coefficient (Wildman–Crippen LogP) is -4.11. The molecule has 0 saturated carbocycles. The minimum absolute atomic E-state index is 0.00740. The third kappa shape index (κ3) is 14.6. The summed E-state index contributed by atoms with van der Waals surface area (Å²) in [4.78, 5) is 116. The molecular weight excluding hydrogens is 1210 g/mol. The maximum Gasteiger partial charge on any atom is 0.490 e. The largest absolute Gasteiger partial charge is 0.490 e. The molecule has 0 radical (unpaired) electrons. The molecule has 460 valence electrons. The van der Waals surface area contributed by atoms with Crippen LogP contribution >= 0.6 is 31.3 Å². The number of carbonyl (C=O) groups is 1. The monoisotopic (exact) mass is 1260 g/mol. The molecule has 16 atom stereocenters. The quantitative estimate of drug-likeness (QED) is 0.0176. The molecular formula is C39H58N13O27P4+. The molecule has 13 N–H and O–H groups in total. The molecule has 5 aromatic heterocycles. The maximum atomic E-state index is 13.7. The van der Waals surface area contributed by atoms with E-state index in [0.717, 1.165) is 36.6 Å². The number of nitrogen functional groups attached to an aromatic ring is 2. The van der Waals surface area contributed by atoms with E-state index < -0.39 is 154 Å². The molecule has 5 aromatic rings. The molecule has 6 unspecified atom stereocenters.